The molecule has 0 unspecified atom stereocenters. The molecule has 4 heterocycles. The van der Waals surface area contributed by atoms with Gasteiger partial charge in [0.25, 0.3) is 5.91 Å². The summed E-state index contributed by atoms with van der Waals surface area (Å²) in [4.78, 5) is 40.2. The average Bonchev–Trinajstić information content (AvgIpc) is 2.99. The van der Waals surface area contributed by atoms with Crippen LogP contribution in [0.4, 0.5) is 10.5 Å². The van der Waals surface area contributed by atoms with Gasteiger partial charge in [0.1, 0.15) is 0 Å². The number of ether oxygens (including phenoxy) is 1. The largest absolute Gasteiger partial charge is 0.416 e. The molecule has 0 bridgehead atoms. The molecule has 0 atom stereocenters. The highest BCUT2D eigenvalue weighted by molar-refractivity contribution is 6.04. The molecule has 1 N–H and O–H groups in total. The lowest BCUT2D eigenvalue weighted by molar-refractivity contribution is 0.102. The first-order chi connectivity index (χ1) is 19.1. The third kappa shape index (κ3) is 7.84. The van der Waals surface area contributed by atoms with Crippen LogP contribution >= 0.6 is 0 Å². The van der Waals surface area contributed by atoms with Crippen LogP contribution in [0.25, 0.3) is 0 Å². The predicted octanol–water partition coefficient (Wildman–Crippen LogP) is 4.07. The second-order valence-electron chi connectivity index (χ2n) is 10.2. The van der Waals surface area contributed by atoms with E-state index in [4.69, 9.17) is 4.74 Å². The maximum absolute atomic E-state index is 12.7. The van der Waals surface area contributed by atoms with E-state index in [0.717, 1.165) is 45.7 Å². The van der Waals surface area contributed by atoms with Gasteiger partial charge in [0.2, 0.25) is 5.88 Å². The van der Waals surface area contributed by atoms with E-state index in [2.05, 4.69) is 31.2 Å². The molecule has 204 valence electrons. The number of likely N-dealkylation sites (tertiary alicyclic amines) is 1. The van der Waals surface area contributed by atoms with Crippen LogP contribution in [0, 0.1) is 0 Å². The Morgan fingerprint density at radius 1 is 0.821 bits per heavy atom. The van der Waals surface area contributed by atoms with Crippen molar-refractivity contribution in [1.82, 2.24) is 24.7 Å². The van der Waals surface area contributed by atoms with E-state index < -0.39 is 6.09 Å². The molecular weight excluding hydrogens is 492 g/mol. The molecule has 2 fully saturated rings. The zero-order valence-electron chi connectivity index (χ0n) is 22.3. The summed E-state index contributed by atoms with van der Waals surface area (Å²) in [5.74, 6) is 0.00605. The number of carbonyl (C=O) groups excluding carboxylic acids is 2. The van der Waals surface area contributed by atoms with E-state index in [1.807, 2.05) is 36.5 Å². The van der Waals surface area contributed by atoms with Gasteiger partial charge >= 0.3 is 6.09 Å². The second kappa shape index (κ2) is 13.3. The highest BCUT2D eigenvalue weighted by Gasteiger charge is 2.23. The van der Waals surface area contributed by atoms with Crippen LogP contribution in [-0.2, 0) is 13.0 Å². The Hall–Kier alpha value is -3.82. The van der Waals surface area contributed by atoms with Gasteiger partial charge in [0.05, 0.1) is 11.9 Å². The summed E-state index contributed by atoms with van der Waals surface area (Å²) in [6, 6.07) is 15.1. The van der Waals surface area contributed by atoms with Crippen molar-refractivity contribution in [3.05, 3.63) is 83.8 Å². The van der Waals surface area contributed by atoms with Crippen LogP contribution in [0.3, 0.4) is 0 Å². The number of carbonyl (C=O) groups is 2. The lowest BCUT2D eigenvalue weighted by atomic mass is 10.1. The van der Waals surface area contributed by atoms with Gasteiger partial charge < -0.3 is 15.0 Å². The molecule has 39 heavy (non-hydrogen) atoms. The molecule has 1 aromatic carbocycles. The standard InChI is InChI=1S/C30H36N6O3/c37-29(26-8-6-25(7-9-26)23-35-14-2-1-3-15-35)33-27-10-11-28(32-22-27)39-30(38)36-19-17-34(18-20-36)16-12-24-5-4-13-31-21-24/h4-11,13,21-22H,1-3,12,14-20,23H2,(H,33,37). The Kier molecular flexibility index (Phi) is 9.13. The SMILES string of the molecule is O=C(Nc1ccc(OC(=O)N2CCN(CCc3cccnc3)CC2)nc1)c1ccc(CN2CCCCC2)cc1. The van der Waals surface area contributed by atoms with Gasteiger partial charge in [-0.25, -0.2) is 9.78 Å². The summed E-state index contributed by atoms with van der Waals surface area (Å²) in [7, 11) is 0. The minimum absolute atomic E-state index is 0.201. The van der Waals surface area contributed by atoms with Crippen molar-refractivity contribution < 1.29 is 14.3 Å². The van der Waals surface area contributed by atoms with E-state index in [-0.39, 0.29) is 11.8 Å². The van der Waals surface area contributed by atoms with Crippen LogP contribution in [-0.4, -0.2) is 82.5 Å². The van der Waals surface area contributed by atoms with Gasteiger partial charge in [-0.15, -0.1) is 0 Å². The summed E-state index contributed by atoms with van der Waals surface area (Å²) >= 11 is 0. The Balaban J connectivity index is 1.04. The first kappa shape index (κ1) is 26.8. The number of anilines is 1. The smallest absolute Gasteiger partial charge is 0.391 e. The van der Waals surface area contributed by atoms with E-state index in [1.54, 1.807) is 23.2 Å². The van der Waals surface area contributed by atoms with Gasteiger partial charge in [0.15, 0.2) is 0 Å². The number of hydrogen-bond acceptors (Lipinski definition) is 7. The fourth-order valence-electron chi connectivity index (χ4n) is 5.00. The predicted molar refractivity (Wildman–Crippen MR) is 150 cm³/mol. The number of benzene rings is 1. The van der Waals surface area contributed by atoms with Gasteiger partial charge in [-0.3, -0.25) is 19.6 Å². The number of piperidine rings is 1. The van der Waals surface area contributed by atoms with Crippen molar-refractivity contribution in [2.45, 2.75) is 32.2 Å². The van der Waals surface area contributed by atoms with E-state index in [1.165, 1.54) is 36.6 Å². The van der Waals surface area contributed by atoms with Crippen LogP contribution < -0.4 is 10.1 Å². The molecular formula is C30H36N6O3. The molecule has 0 radical (unpaired) electrons. The minimum atomic E-state index is -0.407. The number of nitrogens with zero attached hydrogens (tertiary/aromatic N) is 5. The van der Waals surface area contributed by atoms with Crippen molar-refractivity contribution >= 4 is 17.7 Å². The zero-order chi connectivity index (χ0) is 26.9. The molecule has 2 amide bonds. The van der Waals surface area contributed by atoms with Gasteiger partial charge in [-0.2, -0.15) is 0 Å². The molecule has 0 spiro atoms. The van der Waals surface area contributed by atoms with E-state index in [0.29, 0.717) is 24.3 Å². The maximum atomic E-state index is 12.7. The number of nitrogens with one attached hydrogen (secondary N) is 1. The maximum Gasteiger partial charge on any atom is 0.416 e. The molecule has 2 saturated heterocycles. The Bertz CT molecular complexity index is 1210. The van der Waals surface area contributed by atoms with Crippen molar-refractivity contribution in [2.24, 2.45) is 0 Å². The molecule has 3 aromatic rings. The van der Waals surface area contributed by atoms with E-state index in [9.17, 15) is 9.59 Å². The first-order valence-corrected chi connectivity index (χ1v) is 13.8. The van der Waals surface area contributed by atoms with Crippen molar-refractivity contribution in [2.75, 3.05) is 51.1 Å². The summed E-state index contributed by atoms with van der Waals surface area (Å²) in [5.41, 5.74) is 3.56. The molecule has 5 rings (SSSR count). The summed E-state index contributed by atoms with van der Waals surface area (Å²) < 4.78 is 5.47. The highest BCUT2D eigenvalue weighted by atomic mass is 16.6. The van der Waals surface area contributed by atoms with Crippen LogP contribution in [0.5, 0.6) is 5.88 Å². The lowest BCUT2D eigenvalue weighted by Crippen LogP contribution is -2.50. The number of piperazine rings is 1. The molecule has 2 aliphatic heterocycles. The number of amides is 2. The fraction of sp³-hybridized carbons (Fsp3) is 0.400. The van der Waals surface area contributed by atoms with Crippen LogP contribution in [0.1, 0.15) is 40.7 Å². The quantitative estimate of drug-likeness (QED) is 0.471. The van der Waals surface area contributed by atoms with Crippen molar-refractivity contribution in [3.63, 3.8) is 0 Å². The van der Waals surface area contributed by atoms with Crippen LogP contribution in [0.15, 0.2) is 67.1 Å². The first-order valence-electron chi connectivity index (χ1n) is 13.8. The fourth-order valence-corrected chi connectivity index (χ4v) is 5.00. The Morgan fingerprint density at radius 3 is 2.31 bits per heavy atom. The summed E-state index contributed by atoms with van der Waals surface area (Å²) in [5, 5.41) is 2.86. The number of rotatable bonds is 8. The van der Waals surface area contributed by atoms with Gasteiger partial charge in [-0.05, 0) is 67.7 Å². The Labute approximate surface area is 229 Å². The Morgan fingerprint density at radius 2 is 1.62 bits per heavy atom. The number of pyridine rings is 2. The minimum Gasteiger partial charge on any atom is -0.391 e. The van der Waals surface area contributed by atoms with Gasteiger partial charge in [-0.1, -0.05) is 24.6 Å². The van der Waals surface area contributed by atoms with E-state index >= 15 is 0 Å². The molecule has 2 aromatic heterocycles. The molecule has 0 aliphatic carbocycles. The number of hydrogen-bond donors (Lipinski definition) is 1. The zero-order valence-corrected chi connectivity index (χ0v) is 22.3. The van der Waals surface area contributed by atoms with Crippen LogP contribution in [0.2, 0.25) is 0 Å². The van der Waals surface area contributed by atoms with Crippen molar-refractivity contribution in [3.8, 4) is 5.88 Å². The monoisotopic (exact) mass is 528 g/mol. The topological polar surface area (TPSA) is 90.9 Å². The van der Waals surface area contributed by atoms with Gasteiger partial charge in [0, 0.05) is 63.3 Å². The third-order valence-electron chi connectivity index (χ3n) is 7.33. The molecule has 9 heteroatoms. The number of aromatic nitrogens is 2. The summed E-state index contributed by atoms with van der Waals surface area (Å²) in [6.07, 6.45) is 9.55. The average molecular weight is 529 g/mol. The normalized spacial score (nSPS) is 16.6. The molecule has 9 nitrogen and oxygen atoms in total. The molecule has 0 saturated carbocycles. The highest BCUT2D eigenvalue weighted by Crippen LogP contribution is 2.17. The van der Waals surface area contributed by atoms with Crippen molar-refractivity contribution in [1.29, 1.82) is 0 Å². The summed E-state index contributed by atoms with van der Waals surface area (Å²) in [6.45, 7) is 6.96. The lowest BCUT2D eigenvalue weighted by Gasteiger charge is -2.33. The molecule has 2 aliphatic rings. The second-order valence-corrected chi connectivity index (χ2v) is 10.2. The third-order valence-corrected chi connectivity index (χ3v) is 7.33.